The van der Waals surface area contributed by atoms with Crippen LogP contribution in [0.4, 0.5) is 5.69 Å². The van der Waals surface area contributed by atoms with Gasteiger partial charge in [0.15, 0.2) is 5.78 Å². The Morgan fingerprint density at radius 2 is 1.80 bits per heavy atom. The average molecular weight is 584 g/mol. The smallest absolute Gasteiger partial charge is 0.259 e. The molecule has 1 atom stereocenters. The van der Waals surface area contributed by atoms with Gasteiger partial charge in [0.25, 0.3) is 15.9 Å². The van der Waals surface area contributed by atoms with Crippen molar-refractivity contribution in [3.8, 4) is 0 Å². The highest BCUT2D eigenvalue weighted by Gasteiger charge is 2.38. The lowest BCUT2D eigenvalue weighted by Gasteiger charge is -2.33. The molecule has 1 fully saturated rings. The van der Waals surface area contributed by atoms with Crippen molar-refractivity contribution < 1.29 is 18.0 Å². The number of rotatable bonds is 8. The number of ketones is 1. The molecule has 1 N–H and O–H groups in total. The molecule has 3 aromatic carbocycles. The quantitative estimate of drug-likeness (QED) is 0.245. The van der Waals surface area contributed by atoms with E-state index in [1.807, 2.05) is 59.6 Å². The minimum Gasteiger partial charge on any atom is -0.361 e. The summed E-state index contributed by atoms with van der Waals surface area (Å²) in [4.78, 5) is 32.4. The summed E-state index contributed by atoms with van der Waals surface area (Å²) in [7, 11) is -3.73. The van der Waals surface area contributed by atoms with Crippen molar-refractivity contribution in [1.82, 2.24) is 9.29 Å². The number of sulfonamides is 1. The van der Waals surface area contributed by atoms with E-state index in [0.717, 1.165) is 51.3 Å². The van der Waals surface area contributed by atoms with Crippen molar-refractivity contribution in [1.29, 1.82) is 0 Å². The van der Waals surface area contributed by atoms with E-state index in [1.165, 1.54) is 15.6 Å². The third-order valence-electron chi connectivity index (χ3n) is 8.40. The Balaban J connectivity index is 1.16. The van der Waals surface area contributed by atoms with Crippen LogP contribution in [0.25, 0.3) is 21.7 Å². The second-order valence-electron chi connectivity index (χ2n) is 10.7. The molecule has 2 aliphatic rings. The Bertz CT molecular complexity index is 1910. The fraction of sp³-hybridized carbons (Fsp3) is 0.250. The van der Waals surface area contributed by atoms with E-state index in [4.69, 9.17) is 0 Å². The molecule has 208 valence electrons. The maximum absolute atomic E-state index is 13.7. The van der Waals surface area contributed by atoms with Crippen LogP contribution in [0.1, 0.15) is 40.7 Å². The summed E-state index contributed by atoms with van der Waals surface area (Å²) in [5.41, 5.74) is 4.56. The van der Waals surface area contributed by atoms with Gasteiger partial charge < -0.3 is 9.88 Å². The first-order valence-electron chi connectivity index (χ1n) is 13.9. The molecule has 7 nitrogen and oxygen atoms in total. The largest absolute Gasteiger partial charge is 0.361 e. The lowest BCUT2D eigenvalue weighted by molar-refractivity contribution is -0.122. The van der Waals surface area contributed by atoms with Gasteiger partial charge in [0.1, 0.15) is 4.21 Å². The van der Waals surface area contributed by atoms with Crippen molar-refractivity contribution in [2.24, 2.45) is 0 Å². The minimum absolute atomic E-state index is 0.0329. The van der Waals surface area contributed by atoms with E-state index in [9.17, 15) is 18.0 Å². The van der Waals surface area contributed by atoms with Crippen molar-refractivity contribution in [3.63, 3.8) is 0 Å². The topological polar surface area (TPSA) is 90.6 Å². The molecule has 0 radical (unpaired) electrons. The van der Waals surface area contributed by atoms with Crippen molar-refractivity contribution in [2.45, 2.75) is 42.4 Å². The van der Waals surface area contributed by atoms with E-state index in [1.54, 1.807) is 17.5 Å². The molecule has 4 heterocycles. The lowest BCUT2D eigenvalue weighted by atomic mass is 9.93. The number of anilines is 1. The average Bonchev–Trinajstić information content (AvgIpc) is 3.74. The van der Waals surface area contributed by atoms with E-state index < -0.39 is 16.1 Å². The van der Waals surface area contributed by atoms with Crippen LogP contribution < -0.4 is 4.90 Å². The van der Waals surface area contributed by atoms with Crippen LogP contribution in [0.2, 0.25) is 0 Å². The zero-order valence-electron chi connectivity index (χ0n) is 22.4. The Morgan fingerprint density at radius 1 is 0.951 bits per heavy atom. The molecule has 1 unspecified atom stereocenters. The monoisotopic (exact) mass is 583 g/mol. The van der Waals surface area contributed by atoms with E-state index in [2.05, 4.69) is 11.1 Å². The third kappa shape index (κ3) is 4.39. The van der Waals surface area contributed by atoms with Gasteiger partial charge in [-0.2, -0.15) is 4.31 Å². The molecule has 2 aromatic heterocycles. The number of piperidine rings is 1. The molecule has 7 rings (SSSR count). The van der Waals surface area contributed by atoms with Crippen LogP contribution in [-0.4, -0.2) is 48.5 Å². The number of nitrogens with zero attached hydrogens (tertiary/aromatic N) is 2. The predicted octanol–water partition coefficient (Wildman–Crippen LogP) is 5.94. The number of carbonyl (C=O) groups excluding carboxylic acids is 2. The second kappa shape index (κ2) is 10.2. The van der Waals surface area contributed by atoms with Gasteiger partial charge in [0, 0.05) is 47.6 Å². The Hall–Kier alpha value is -3.79. The van der Waals surface area contributed by atoms with Gasteiger partial charge >= 0.3 is 0 Å². The van der Waals surface area contributed by atoms with E-state index in [0.29, 0.717) is 31.5 Å². The number of benzene rings is 3. The number of fused-ring (bicyclic) bond motifs is 1. The number of aromatic nitrogens is 1. The summed E-state index contributed by atoms with van der Waals surface area (Å²) in [5.74, 6) is -0.138. The molecule has 2 aliphatic heterocycles. The molecule has 1 amide bonds. The number of carbonyl (C=O) groups is 2. The molecule has 41 heavy (non-hydrogen) atoms. The molecular formula is C32H29N3O4S2. The first kappa shape index (κ1) is 26.1. The number of hydrogen-bond donors (Lipinski definition) is 1. The van der Waals surface area contributed by atoms with Crippen LogP contribution in [0.3, 0.4) is 0 Å². The number of para-hydroxylation sites is 1. The third-order valence-corrected chi connectivity index (χ3v) is 11.7. The van der Waals surface area contributed by atoms with Crippen LogP contribution in [-0.2, 0) is 27.7 Å². The van der Waals surface area contributed by atoms with Crippen LogP contribution in [0.15, 0.2) is 82.5 Å². The maximum atomic E-state index is 13.7. The fourth-order valence-corrected chi connectivity index (χ4v) is 9.20. The van der Waals surface area contributed by atoms with Gasteiger partial charge in [-0.25, -0.2) is 8.42 Å². The highest BCUT2D eigenvalue weighted by molar-refractivity contribution is 7.91. The predicted molar refractivity (Wildman–Crippen MR) is 162 cm³/mol. The number of amides is 1. The molecule has 5 aromatic rings. The number of nitrogens with one attached hydrogen (secondary N) is 1. The molecule has 0 saturated carbocycles. The summed E-state index contributed by atoms with van der Waals surface area (Å²) < 4.78 is 28.4. The first-order chi connectivity index (χ1) is 19.9. The number of Topliss-reactive ketones (excluding diaryl/α,β-unsaturated/α-hetero) is 1. The first-order valence-corrected chi connectivity index (χ1v) is 16.2. The summed E-state index contributed by atoms with van der Waals surface area (Å²) in [5, 5.41) is 4.65. The van der Waals surface area contributed by atoms with Crippen LogP contribution >= 0.6 is 11.3 Å². The molecule has 0 bridgehead atoms. The Labute approximate surface area is 242 Å². The molecular weight excluding hydrogens is 555 g/mol. The zero-order valence-corrected chi connectivity index (χ0v) is 24.0. The molecule has 0 aliphatic carbocycles. The highest BCUT2D eigenvalue weighted by atomic mass is 32.2. The van der Waals surface area contributed by atoms with Crippen molar-refractivity contribution >= 4 is 60.4 Å². The normalized spacial score (nSPS) is 17.6. The van der Waals surface area contributed by atoms with Gasteiger partial charge in [-0.3, -0.25) is 9.59 Å². The Kier molecular flexibility index (Phi) is 6.53. The van der Waals surface area contributed by atoms with Gasteiger partial charge in [-0.15, -0.1) is 11.3 Å². The summed E-state index contributed by atoms with van der Waals surface area (Å²) in [6, 6.07) is 20.3. The maximum Gasteiger partial charge on any atom is 0.259 e. The standard InChI is InChI=1S/C32H29N3O4S2/c36-29(27-11-3-4-16-35(27)41(38,39)30-12-6-18-40-30)19-21-13-14-28-31-24(21)8-5-9-25(31)32(37)34(28)17-15-22-20-33-26-10-2-1-7-23(22)26/h1-2,5-10,12-14,18,20,27,33H,3-4,11,15-17,19H2. The number of aromatic amines is 1. The van der Waals surface area contributed by atoms with Crippen LogP contribution in [0, 0.1) is 0 Å². The number of thiophene rings is 1. The summed E-state index contributed by atoms with van der Waals surface area (Å²) in [6.45, 7) is 0.890. The molecule has 9 heteroatoms. The van der Waals surface area contributed by atoms with Crippen LogP contribution in [0.5, 0.6) is 0 Å². The van der Waals surface area contributed by atoms with Gasteiger partial charge in [-0.05, 0) is 65.4 Å². The van der Waals surface area contributed by atoms with Gasteiger partial charge in [0.05, 0.1) is 11.7 Å². The second-order valence-corrected chi connectivity index (χ2v) is 13.8. The summed E-state index contributed by atoms with van der Waals surface area (Å²) in [6.07, 6.45) is 4.91. The lowest BCUT2D eigenvalue weighted by Crippen LogP contribution is -2.48. The highest BCUT2D eigenvalue weighted by Crippen LogP contribution is 2.40. The molecule has 0 spiro atoms. The molecule has 1 saturated heterocycles. The SMILES string of the molecule is O=C(Cc1ccc2c3c(cccc13)C(=O)N2CCc1c[nH]c2ccccc12)C1CCCCN1S(=O)(=O)c1cccs1. The minimum atomic E-state index is -3.73. The summed E-state index contributed by atoms with van der Waals surface area (Å²) >= 11 is 1.18. The van der Waals surface area contributed by atoms with Gasteiger partial charge in [-0.1, -0.05) is 48.9 Å². The van der Waals surface area contributed by atoms with Crippen molar-refractivity contribution in [3.05, 3.63) is 95.0 Å². The number of H-pyrrole nitrogens is 1. The van der Waals surface area contributed by atoms with E-state index in [-0.39, 0.29) is 22.3 Å². The van der Waals surface area contributed by atoms with Crippen molar-refractivity contribution in [2.75, 3.05) is 18.0 Å². The van der Waals surface area contributed by atoms with Gasteiger partial charge in [0.2, 0.25) is 0 Å². The Morgan fingerprint density at radius 3 is 2.66 bits per heavy atom. The fourth-order valence-electron chi connectivity index (χ4n) is 6.40. The number of hydrogen-bond acceptors (Lipinski definition) is 5. The zero-order chi connectivity index (χ0) is 28.1. The van der Waals surface area contributed by atoms with E-state index >= 15 is 0 Å².